The number of methoxy groups -OCH3 is 1. The Bertz CT molecular complexity index is 829. The van der Waals surface area contributed by atoms with Crippen molar-refractivity contribution in [2.24, 2.45) is 0 Å². The molecule has 2 heterocycles. The Balaban J connectivity index is 1.70. The minimum atomic E-state index is -0.206. The average Bonchev–Trinajstić information content (AvgIpc) is 3.22. The number of likely N-dealkylation sites (tertiary alicyclic amines) is 1. The largest absolute Gasteiger partial charge is 0.497 e. The van der Waals surface area contributed by atoms with Gasteiger partial charge in [0.15, 0.2) is 0 Å². The summed E-state index contributed by atoms with van der Waals surface area (Å²) in [5.74, 6) is 0.602. The molecule has 0 spiro atoms. The van der Waals surface area contributed by atoms with E-state index in [2.05, 4.69) is 15.5 Å². The van der Waals surface area contributed by atoms with E-state index in [1.165, 1.54) is 0 Å². The second kappa shape index (κ2) is 9.45. The molecule has 1 fully saturated rings. The fourth-order valence-corrected chi connectivity index (χ4v) is 3.72. The topological polar surface area (TPSA) is 90.6 Å². The summed E-state index contributed by atoms with van der Waals surface area (Å²) >= 11 is 0. The van der Waals surface area contributed by atoms with Gasteiger partial charge in [-0.25, -0.2) is 4.79 Å². The van der Waals surface area contributed by atoms with Crippen molar-refractivity contribution in [1.29, 1.82) is 0 Å². The molecule has 0 radical (unpaired) electrons. The molecule has 0 saturated carbocycles. The van der Waals surface area contributed by atoms with Gasteiger partial charge in [-0.05, 0) is 51.0 Å². The van der Waals surface area contributed by atoms with Crippen LogP contribution in [0.2, 0.25) is 0 Å². The summed E-state index contributed by atoms with van der Waals surface area (Å²) in [7, 11) is 1.59. The maximum atomic E-state index is 12.7. The van der Waals surface area contributed by atoms with Crippen molar-refractivity contribution < 1.29 is 14.3 Å². The highest BCUT2D eigenvalue weighted by molar-refractivity contribution is 6.04. The zero-order valence-electron chi connectivity index (χ0n) is 17.3. The summed E-state index contributed by atoms with van der Waals surface area (Å²) in [4.78, 5) is 29.1. The van der Waals surface area contributed by atoms with Gasteiger partial charge in [0.2, 0.25) is 0 Å². The number of benzene rings is 1. The fourth-order valence-electron chi connectivity index (χ4n) is 3.72. The quantitative estimate of drug-likeness (QED) is 0.780. The molecule has 2 N–H and O–H groups in total. The highest BCUT2D eigenvalue weighted by Crippen LogP contribution is 2.31. The molecule has 3 amide bonds. The van der Waals surface area contributed by atoms with Crippen molar-refractivity contribution in [3.05, 3.63) is 41.7 Å². The average molecular weight is 399 g/mol. The molecule has 2 aromatic rings. The number of carbonyl (C=O) groups excluding carboxylic acids is 2. The van der Waals surface area contributed by atoms with Crippen molar-refractivity contribution in [3.63, 3.8) is 0 Å². The molecule has 29 heavy (non-hydrogen) atoms. The molecule has 156 valence electrons. The lowest BCUT2D eigenvalue weighted by Crippen LogP contribution is -2.47. The van der Waals surface area contributed by atoms with E-state index >= 15 is 0 Å². The van der Waals surface area contributed by atoms with Gasteiger partial charge in [-0.2, -0.15) is 5.10 Å². The number of anilines is 1. The Labute approximate surface area is 171 Å². The van der Waals surface area contributed by atoms with Gasteiger partial charge < -0.3 is 19.9 Å². The summed E-state index contributed by atoms with van der Waals surface area (Å²) in [6.07, 6.45) is 3.49. The highest BCUT2D eigenvalue weighted by Gasteiger charge is 2.29. The standard InChI is InChI=1S/C21H29N5O3/c1-4-25(5-2)21(28)26-12-6-7-16(14-26)19-18(13-22-24-19)23-20(27)15-8-10-17(29-3)11-9-15/h8-11,13,16H,4-7,12,14H2,1-3H3,(H,22,24)(H,23,27)/t16-/m0/s1. The van der Waals surface area contributed by atoms with Crippen LogP contribution in [0.4, 0.5) is 10.5 Å². The van der Waals surface area contributed by atoms with Gasteiger partial charge in [0.05, 0.1) is 24.7 Å². The van der Waals surface area contributed by atoms with E-state index in [1.807, 2.05) is 23.6 Å². The van der Waals surface area contributed by atoms with E-state index in [9.17, 15) is 9.59 Å². The molecule has 1 aromatic carbocycles. The summed E-state index contributed by atoms with van der Waals surface area (Å²) in [6, 6.07) is 7.02. The number of piperidine rings is 1. The molecule has 0 bridgehead atoms. The molecule has 1 aliphatic rings. The number of nitrogens with one attached hydrogen (secondary N) is 2. The molecule has 1 atom stereocenters. The first kappa shape index (κ1) is 20.7. The Kier molecular flexibility index (Phi) is 6.74. The molecule has 8 heteroatoms. The van der Waals surface area contributed by atoms with E-state index in [4.69, 9.17) is 4.74 Å². The van der Waals surface area contributed by atoms with E-state index < -0.39 is 0 Å². The number of urea groups is 1. The summed E-state index contributed by atoms with van der Waals surface area (Å²) in [6.45, 7) is 6.75. The van der Waals surface area contributed by atoms with E-state index in [1.54, 1.807) is 37.6 Å². The second-order valence-corrected chi connectivity index (χ2v) is 7.12. The van der Waals surface area contributed by atoms with Gasteiger partial charge in [-0.3, -0.25) is 9.89 Å². The Morgan fingerprint density at radius 3 is 2.66 bits per heavy atom. The van der Waals surface area contributed by atoms with Gasteiger partial charge in [0.1, 0.15) is 5.75 Å². The number of aromatic amines is 1. The normalized spacial score (nSPS) is 16.4. The molecular weight excluding hydrogens is 370 g/mol. The third-order valence-corrected chi connectivity index (χ3v) is 5.40. The fraction of sp³-hybridized carbons (Fsp3) is 0.476. The Morgan fingerprint density at radius 2 is 2.00 bits per heavy atom. The monoisotopic (exact) mass is 399 g/mol. The summed E-state index contributed by atoms with van der Waals surface area (Å²) in [5, 5.41) is 10.1. The molecular formula is C21H29N5O3. The minimum absolute atomic E-state index is 0.0723. The Morgan fingerprint density at radius 1 is 1.28 bits per heavy atom. The molecule has 1 aromatic heterocycles. The van der Waals surface area contributed by atoms with Crippen molar-refractivity contribution in [3.8, 4) is 5.75 Å². The predicted octanol–water partition coefficient (Wildman–Crippen LogP) is 3.31. The Hall–Kier alpha value is -3.03. The third kappa shape index (κ3) is 4.70. The van der Waals surface area contributed by atoms with Crippen LogP contribution in [0.25, 0.3) is 0 Å². The zero-order chi connectivity index (χ0) is 20.8. The first-order valence-electron chi connectivity index (χ1n) is 10.1. The second-order valence-electron chi connectivity index (χ2n) is 7.12. The highest BCUT2D eigenvalue weighted by atomic mass is 16.5. The molecule has 0 aliphatic carbocycles. The SMILES string of the molecule is CCN(CC)C(=O)N1CCC[C@H](c2[nH]ncc2NC(=O)c2ccc(OC)cc2)C1. The van der Waals surface area contributed by atoms with Crippen molar-refractivity contribution in [1.82, 2.24) is 20.0 Å². The first-order chi connectivity index (χ1) is 14.1. The van der Waals surface area contributed by atoms with E-state index in [0.29, 0.717) is 36.6 Å². The van der Waals surface area contributed by atoms with Crippen LogP contribution in [-0.2, 0) is 0 Å². The number of carbonyl (C=O) groups is 2. The van der Waals surface area contributed by atoms with E-state index in [-0.39, 0.29) is 17.9 Å². The van der Waals surface area contributed by atoms with Crippen molar-refractivity contribution >= 4 is 17.6 Å². The number of amides is 3. The number of H-pyrrole nitrogens is 1. The van der Waals surface area contributed by atoms with Crippen LogP contribution in [0.15, 0.2) is 30.5 Å². The van der Waals surface area contributed by atoms with Crippen LogP contribution in [0, 0.1) is 0 Å². The van der Waals surface area contributed by atoms with Gasteiger partial charge in [-0.15, -0.1) is 0 Å². The number of ether oxygens (including phenoxy) is 1. The first-order valence-corrected chi connectivity index (χ1v) is 10.1. The molecule has 0 unspecified atom stereocenters. The van der Waals surface area contributed by atoms with E-state index in [0.717, 1.165) is 25.1 Å². The van der Waals surface area contributed by atoms with Crippen LogP contribution in [0.5, 0.6) is 5.75 Å². The minimum Gasteiger partial charge on any atom is -0.497 e. The smallest absolute Gasteiger partial charge is 0.319 e. The number of hydrogen-bond donors (Lipinski definition) is 2. The zero-order valence-corrected chi connectivity index (χ0v) is 17.3. The number of nitrogens with zero attached hydrogens (tertiary/aromatic N) is 3. The lowest BCUT2D eigenvalue weighted by molar-refractivity contribution is 0.102. The van der Waals surface area contributed by atoms with Crippen LogP contribution in [-0.4, -0.2) is 65.2 Å². The van der Waals surface area contributed by atoms with Crippen LogP contribution in [0.1, 0.15) is 48.7 Å². The molecule has 8 nitrogen and oxygen atoms in total. The van der Waals surface area contributed by atoms with Gasteiger partial charge in [-0.1, -0.05) is 0 Å². The number of rotatable bonds is 6. The summed E-state index contributed by atoms with van der Waals surface area (Å²) < 4.78 is 5.13. The number of aromatic nitrogens is 2. The third-order valence-electron chi connectivity index (χ3n) is 5.40. The molecule has 1 saturated heterocycles. The van der Waals surface area contributed by atoms with Gasteiger partial charge in [0, 0.05) is 37.7 Å². The lowest BCUT2D eigenvalue weighted by Gasteiger charge is -2.35. The van der Waals surface area contributed by atoms with Crippen molar-refractivity contribution in [2.75, 3.05) is 38.6 Å². The maximum absolute atomic E-state index is 12.7. The van der Waals surface area contributed by atoms with Crippen molar-refractivity contribution in [2.45, 2.75) is 32.6 Å². The maximum Gasteiger partial charge on any atom is 0.319 e. The van der Waals surface area contributed by atoms with Crippen LogP contribution in [0.3, 0.4) is 0 Å². The number of hydrogen-bond acceptors (Lipinski definition) is 4. The molecule has 1 aliphatic heterocycles. The predicted molar refractivity (Wildman–Crippen MR) is 111 cm³/mol. The lowest BCUT2D eigenvalue weighted by atomic mass is 9.94. The van der Waals surface area contributed by atoms with Crippen LogP contribution >= 0.6 is 0 Å². The van der Waals surface area contributed by atoms with Crippen LogP contribution < -0.4 is 10.1 Å². The molecule has 3 rings (SSSR count). The summed E-state index contributed by atoms with van der Waals surface area (Å²) in [5.41, 5.74) is 2.07. The van der Waals surface area contributed by atoms with Gasteiger partial charge >= 0.3 is 6.03 Å². The van der Waals surface area contributed by atoms with Gasteiger partial charge in [0.25, 0.3) is 5.91 Å².